The number of ether oxygens (including phenoxy) is 3. The molecule has 0 radical (unpaired) electrons. The lowest BCUT2D eigenvalue weighted by Crippen LogP contribution is -2.50. The third-order valence-electron chi connectivity index (χ3n) is 7.33. The Morgan fingerprint density at radius 3 is 2.09 bits per heavy atom. The minimum atomic E-state index is -3.44. The summed E-state index contributed by atoms with van der Waals surface area (Å²) in [6, 6.07) is 23.0. The Bertz CT molecular complexity index is 1420. The van der Waals surface area contributed by atoms with Gasteiger partial charge >= 0.3 is 0 Å². The molecule has 0 fully saturated rings. The molecule has 1 amide bonds. The van der Waals surface area contributed by atoms with Crippen LogP contribution in [0.4, 0.5) is 0 Å². The number of hydrogen-bond donors (Lipinski definition) is 2. The highest BCUT2D eigenvalue weighted by Crippen LogP contribution is 2.23. The first-order valence-corrected chi connectivity index (χ1v) is 16.7. The topological polar surface area (TPSA) is 128 Å². The summed E-state index contributed by atoms with van der Waals surface area (Å²) in [5, 5.41) is 11.2. The molecule has 0 aliphatic heterocycles. The number of methoxy groups -OCH3 is 2. The molecule has 44 heavy (non-hydrogen) atoms. The summed E-state index contributed by atoms with van der Waals surface area (Å²) >= 11 is 0. The first kappa shape index (κ1) is 34.9. The number of aliphatic hydroxyl groups is 1. The standard InChI is InChI=1S/C34H46N2O7S/c1-25(2)16-18-44(39,40)19-17-33(43-30-15-9-14-29(22-30)42-4)34(38)36(23-27-12-8-13-28(20-27)41-3)24-32(37)31(35)21-26-10-6-5-7-11-26/h5-15,20,22,25,31-33,37H,16-19,21,23-24,35H2,1-4H3/t31-,32+,33?/m0/s1. The van der Waals surface area contributed by atoms with E-state index >= 15 is 0 Å². The lowest BCUT2D eigenvalue weighted by atomic mass is 10.0. The van der Waals surface area contributed by atoms with Crippen LogP contribution in [0.1, 0.15) is 37.8 Å². The van der Waals surface area contributed by atoms with Crippen LogP contribution in [0.3, 0.4) is 0 Å². The molecule has 1 unspecified atom stereocenters. The number of aliphatic hydroxyl groups excluding tert-OH is 1. The Balaban J connectivity index is 1.90. The SMILES string of the molecule is COc1cccc(CN(C[C@@H](O)[C@@H](N)Cc2ccccc2)C(=O)C(CCS(=O)(=O)CCC(C)C)Oc2cccc(OC)c2)c1. The van der Waals surface area contributed by atoms with Crippen molar-refractivity contribution in [1.29, 1.82) is 0 Å². The molecule has 10 heteroatoms. The Morgan fingerprint density at radius 1 is 0.841 bits per heavy atom. The summed E-state index contributed by atoms with van der Waals surface area (Å²) in [5.74, 6) is 1.11. The maximum absolute atomic E-state index is 14.3. The predicted molar refractivity (Wildman–Crippen MR) is 173 cm³/mol. The van der Waals surface area contributed by atoms with Gasteiger partial charge in [-0.1, -0.05) is 62.4 Å². The summed E-state index contributed by atoms with van der Waals surface area (Å²) in [6.45, 7) is 3.99. The number of hydrogen-bond acceptors (Lipinski definition) is 8. The van der Waals surface area contributed by atoms with Crippen molar-refractivity contribution in [3.8, 4) is 17.2 Å². The number of nitrogens with two attached hydrogens (primary N) is 1. The van der Waals surface area contributed by atoms with Crippen LogP contribution in [0.25, 0.3) is 0 Å². The molecule has 9 nitrogen and oxygen atoms in total. The zero-order chi connectivity index (χ0) is 32.1. The monoisotopic (exact) mass is 626 g/mol. The molecule has 0 bridgehead atoms. The molecule has 3 atom stereocenters. The normalized spacial score (nSPS) is 13.6. The molecular weight excluding hydrogens is 580 g/mol. The van der Waals surface area contributed by atoms with Crippen LogP contribution in [0.5, 0.6) is 17.2 Å². The van der Waals surface area contributed by atoms with Crippen molar-refractivity contribution in [2.24, 2.45) is 11.7 Å². The van der Waals surface area contributed by atoms with Gasteiger partial charge in [-0.05, 0) is 54.2 Å². The fourth-order valence-electron chi connectivity index (χ4n) is 4.69. The zero-order valence-electron chi connectivity index (χ0n) is 26.1. The fraction of sp³-hybridized carbons (Fsp3) is 0.441. The number of nitrogens with zero attached hydrogens (tertiary/aromatic N) is 1. The van der Waals surface area contributed by atoms with Crippen LogP contribution in [0.15, 0.2) is 78.9 Å². The Labute approximate surface area is 261 Å². The highest BCUT2D eigenvalue weighted by atomic mass is 32.2. The molecule has 240 valence electrons. The van der Waals surface area contributed by atoms with Crippen LogP contribution >= 0.6 is 0 Å². The van der Waals surface area contributed by atoms with Crippen LogP contribution in [0.2, 0.25) is 0 Å². The van der Waals surface area contributed by atoms with Crippen LogP contribution in [-0.2, 0) is 27.6 Å². The second kappa shape index (κ2) is 17.0. The Kier molecular flexibility index (Phi) is 13.5. The first-order chi connectivity index (χ1) is 21.0. The average molecular weight is 627 g/mol. The van der Waals surface area contributed by atoms with Crippen molar-refractivity contribution in [2.75, 3.05) is 32.3 Å². The number of sulfone groups is 1. The molecule has 3 aromatic rings. The van der Waals surface area contributed by atoms with E-state index in [4.69, 9.17) is 19.9 Å². The summed E-state index contributed by atoms with van der Waals surface area (Å²) in [6.07, 6.45) is -1.31. The van der Waals surface area contributed by atoms with Gasteiger partial charge < -0.3 is 30.0 Å². The van der Waals surface area contributed by atoms with Gasteiger partial charge in [-0.2, -0.15) is 0 Å². The quantitative estimate of drug-likeness (QED) is 0.214. The third kappa shape index (κ3) is 11.5. The maximum Gasteiger partial charge on any atom is 0.264 e. The minimum absolute atomic E-state index is 0.0331. The second-order valence-electron chi connectivity index (χ2n) is 11.4. The smallest absolute Gasteiger partial charge is 0.264 e. The van der Waals surface area contributed by atoms with Crippen LogP contribution in [0, 0.1) is 5.92 Å². The van der Waals surface area contributed by atoms with Crippen molar-refractivity contribution >= 4 is 15.7 Å². The molecule has 0 spiro atoms. The molecule has 0 saturated carbocycles. The van der Waals surface area contributed by atoms with Crippen LogP contribution in [-0.4, -0.2) is 74.9 Å². The molecule has 0 aliphatic carbocycles. The fourth-order valence-corrected chi connectivity index (χ4v) is 6.29. The van der Waals surface area contributed by atoms with Crippen molar-refractivity contribution in [1.82, 2.24) is 4.90 Å². The minimum Gasteiger partial charge on any atom is -0.497 e. The number of benzene rings is 3. The number of amides is 1. The molecule has 3 N–H and O–H groups in total. The molecule has 0 saturated heterocycles. The van der Waals surface area contributed by atoms with Gasteiger partial charge in [0.05, 0.1) is 31.8 Å². The lowest BCUT2D eigenvalue weighted by molar-refractivity contribution is -0.141. The maximum atomic E-state index is 14.3. The van der Waals surface area contributed by atoms with E-state index in [0.717, 1.165) is 11.1 Å². The van der Waals surface area contributed by atoms with Gasteiger partial charge in [0.2, 0.25) is 0 Å². The van der Waals surface area contributed by atoms with Gasteiger partial charge in [-0.25, -0.2) is 8.42 Å². The molecule has 0 heterocycles. The summed E-state index contributed by atoms with van der Waals surface area (Å²) < 4.78 is 42.7. The molecule has 3 aromatic carbocycles. The van der Waals surface area contributed by atoms with E-state index in [1.807, 2.05) is 62.4 Å². The zero-order valence-corrected chi connectivity index (χ0v) is 26.9. The van der Waals surface area contributed by atoms with Gasteiger partial charge in [-0.15, -0.1) is 0 Å². The highest BCUT2D eigenvalue weighted by Gasteiger charge is 2.31. The summed E-state index contributed by atoms with van der Waals surface area (Å²) in [5.41, 5.74) is 8.15. The van der Waals surface area contributed by atoms with E-state index in [2.05, 4.69) is 0 Å². The second-order valence-corrected chi connectivity index (χ2v) is 13.7. The molecule has 0 aromatic heterocycles. The average Bonchev–Trinajstić information content (AvgIpc) is 3.02. The Hall–Kier alpha value is -3.60. The summed E-state index contributed by atoms with van der Waals surface area (Å²) in [7, 11) is -0.348. The van der Waals surface area contributed by atoms with E-state index in [1.165, 1.54) is 12.0 Å². The highest BCUT2D eigenvalue weighted by molar-refractivity contribution is 7.91. The largest absolute Gasteiger partial charge is 0.497 e. The van der Waals surface area contributed by atoms with E-state index in [-0.39, 0.29) is 36.9 Å². The predicted octanol–water partition coefficient (Wildman–Crippen LogP) is 4.26. The van der Waals surface area contributed by atoms with Gasteiger partial charge in [0.15, 0.2) is 6.10 Å². The van der Waals surface area contributed by atoms with E-state index < -0.39 is 34.0 Å². The van der Waals surface area contributed by atoms with Gasteiger partial charge in [0.25, 0.3) is 5.91 Å². The van der Waals surface area contributed by atoms with Crippen molar-refractivity contribution in [2.45, 2.75) is 57.9 Å². The van der Waals surface area contributed by atoms with Gasteiger partial charge in [0.1, 0.15) is 27.1 Å². The van der Waals surface area contributed by atoms with Crippen LogP contribution < -0.4 is 19.9 Å². The third-order valence-corrected chi connectivity index (χ3v) is 9.04. The number of carbonyl (C=O) groups is 1. The van der Waals surface area contributed by atoms with Gasteiger partial charge in [-0.3, -0.25) is 4.79 Å². The molecule has 0 aliphatic rings. The van der Waals surface area contributed by atoms with E-state index in [0.29, 0.717) is 30.1 Å². The van der Waals surface area contributed by atoms with E-state index in [9.17, 15) is 18.3 Å². The molecule has 3 rings (SSSR count). The van der Waals surface area contributed by atoms with Crippen molar-refractivity contribution in [3.05, 3.63) is 90.0 Å². The van der Waals surface area contributed by atoms with Crippen molar-refractivity contribution in [3.63, 3.8) is 0 Å². The molecular formula is C34H46N2O7S. The number of rotatable bonds is 18. The Morgan fingerprint density at radius 2 is 1.43 bits per heavy atom. The summed E-state index contributed by atoms with van der Waals surface area (Å²) in [4.78, 5) is 15.7. The van der Waals surface area contributed by atoms with E-state index in [1.54, 1.807) is 37.4 Å². The number of carbonyl (C=O) groups excluding carboxylic acids is 1. The van der Waals surface area contributed by atoms with Crippen molar-refractivity contribution < 1.29 is 32.5 Å². The van der Waals surface area contributed by atoms with Gasteiger partial charge in [0, 0.05) is 31.6 Å². The lowest BCUT2D eigenvalue weighted by Gasteiger charge is -2.31. The first-order valence-electron chi connectivity index (χ1n) is 14.9.